The molecule has 1 aromatic rings. The molecule has 0 unspecified atom stereocenters. The number of nitrogens with one attached hydrogen (secondary N) is 1. The summed E-state index contributed by atoms with van der Waals surface area (Å²) in [4.78, 5) is 0. The van der Waals surface area contributed by atoms with E-state index in [1.165, 1.54) is 31.2 Å². The molecule has 1 aliphatic carbocycles. The van der Waals surface area contributed by atoms with Crippen LogP contribution in [0.5, 0.6) is 0 Å². The van der Waals surface area contributed by atoms with Crippen LogP contribution in [0.2, 0.25) is 0 Å². The van der Waals surface area contributed by atoms with Crippen molar-refractivity contribution in [2.45, 2.75) is 44.2 Å². The summed E-state index contributed by atoms with van der Waals surface area (Å²) in [5.41, 5.74) is 7.33. The van der Waals surface area contributed by atoms with Crippen LogP contribution in [0.4, 0.5) is 0 Å². The van der Waals surface area contributed by atoms with Gasteiger partial charge >= 0.3 is 0 Å². The molecule has 0 atom stereocenters. The maximum absolute atomic E-state index is 5.88. The lowest BCUT2D eigenvalue weighted by Gasteiger charge is -2.26. The van der Waals surface area contributed by atoms with E-state index in [9.17, 15) is 0 Å². The van der Waals surface area contributed by atoms with E-state index in [1.807, 2.05) is 0 Å². The highest BCUT2D eigenvalue weighted by Crippen LogP contribution is 2.16. The third-order valence-corrected chi connectivity index (χ3v) is 3.93. The van der Waals surface area contributed by atoms with Crippen molar-refractivity contribution in [3.8, 4) is 0 Å². The van der Waals surface area contributed by atoms with Crippen molar-refractivity contribution in [3.05, 3.63) is 22.4 Å². The molecule has 1 aromatic heterocycles. The second kappa shape index (κ2) is 5.64. The Morgan fingerprint density at radius 1 is 1.33 bits per heavy atom. The van der Waals surface area contributed by atoms with Crippen molar-refractivity contribution in [1.82, 2.24) is 5.32 Å². The number of hydrogen-bond acceptors (Lipinski definition) is 3. The molecule has 0 amide bonds. The average Bonchev–Trinajstić information content (AvgIpc) is 2.74. The zero-order chi connectivity index (χ0) is 10.5. The Morgan fingerprint density at radius 3 is 2.80 bits per heavy atom. The molecule has 0 radical (unpaired) electrons. The first-order valence-electron chi connectivity index (χ1n) is 5.84. The van der Waals surface area contributed by atoms with E-state index >= 15 is 0 Å². The lowest BCUT2D eigenvalue weighted by Crippen LogP contribution is -2.38. The summed E-state index contributed by atoms with van der Waals surface area (Å²) < 4.78 is 0. The average molecular weight is 224 g/mol. The Labute approximate surface area is 95.9 Å². The minimum absolute atomic E-state index is 0.458. The second-order valence-corrected chi connectivity index (χ2v) is 5.23. The Hall–Kier alpha value is -0.380. The Balaban J connectivity index is 1.62. The van der Waals surface area contributed by atoms with E-state index in [0.717, 1.165) is 13.0 Å². The molecule has 1 aliphatic rings. The molecule has 1 heterocycles. The molecule has 1 saturated carbocycles. The van der Waals surface area contributed by atoms with Crippen LogP contribution < -0.4 is 11.1 Å². The van der Waals surface area contributed by atoms with E-state index < -0.39 is 0 Å². The highest BCUT2D eigenvalue weighted by molar-refractivity contribution is 7.07. The Kier molecular flexibility index (Phi) is 4.18. The van der Waals surface area contributed by atoms with Gasteiger partial charge in [-0.15, -0.1) is 0 Å². The van der Waals surface area contributed by atoms with Gasteiger partial charge in [-0.05, 0) is 61.0 Å². The molecule has 0 spiro atoms. The number of nitrogens with two attached hydrogens (primary N) is 1. The standard InChI is InChI=1S/C12H20N2S/c13-11-1-3-12(4-2-11)14-7-5-10-6-8-15-9-10/h6,8-9,11-12,14H,1-5,7,13H2. The topological polar surface area (TPSA) is 38.0 Å². The summed E-state index contributed by atoms with van der Waals surface area (Å²) in [5, 5.41) is 8.01. The van der Waals surface area contributed by atoms with E-state index in [0.29, 0.717) is 12.1 Å². The fourth-order valence-electron chi connectivity index (χ4n) is 2.18. The van der Waals surface area contributed by atoms with Gasteiger partial charge in [0.05, 0.1) is 0 Å². The SMILES string of the molecule is NC1CCC(NCCc2ccsc2)CC1. The first kappa shape index (κ1) is 11.1. The summed E-state index contributed by atoms with van der Waals surface area (Å²) in [5.74, 6) is 0. The highest BCUT2D eigenvalue weighted by Gasteiger charge is 2.17. The normalized spacial score (nSPS) is 26.7. The van der Waals surface area contributed by atoms with Gasteiger partial charge < -0.3 is 11.1 Å². The number of hydrogen-bond donors (Lipinski definition) is 2. The van der Waals surface area contributed by atoms with Crippen molar-refractivity contribution >= 4 is 11.3 Å². The largest absolute Gasteiger partial charge is 0.328 e. The molecule has 2 rings (SSSR count). The third kappa shape index (κ3) is 3.59. The predicted octanol–water partition coefficient (Wildman–Crippen LogP) is 2.15. The molecule has 3 heteroatoms. The number of rotatable bonds is 4. The lowest BCUT2D eigenvalue weighted by atomic mass is 9.92. The molecule has 3 N–H and O–H groups in total. The lowest BCUT2D eigenvalue weighted by molar-refractivity contribution is 0.344. The maximum Gasteiger partial charge on any atom is 0.00683 e. The Morgan fingerprint density at radius 2 is 2.13 bits per heavy atom. The quantitative estimate of drug-likeness (QED) is 0.822. The van der Waals surface area contributed by atoms with Gasteiger partial charge in [0.25, 0.3) is 0 Å². The van der Waals surface area contributed by atoms with Crippen LogP contribution in [-0.2, 0) is 6.42 Å². The first-order chi connectivity index (χ1) is 7.34. The van der Waals surface area contributed by atoms with Crippen LogP contribution in [0.15, 0.2) is 16.8 Å². The minimum Gasteiger partial charge on any atom is -0.328 e. The third-order valence-electron chi connectivity index (χ3n) is 3.20. The fraction of sp³-hybridized carbons (Fsp3) is 0.667. The molecular weight excluding hydrogens is 204 g/mol. The van der Waals surface area contributed by atoms with E-state index in [1.54, 1.807) is 11.3 Å². The summed E-state index contributed by atoms with van der Waals surface area (Å²) in [6, 6.07) is 3.38. The summed E-state index contributed by atoms with van der Waals surface area (Å²) in [6.07, 6.45) is 6.05. The maximum atomic E-state index is 5.88. The van der Waals surface area contributed by atoms with E-state index in [2.05, 4.69) is 22.1 Å². The summed E-state index contributed by atoms with van der Waals surface area (Å²) in [6.45, 7) is 1.11. The van der Waals surface area contributed by atoms with Crippen LogP contribution in [-0.4, -0.2) is 18.6 Å². The van der Waals surface area contributed by atoms with Crippen LogP contribution in [0, 0.1) is 0 Å². The van der Waals surface area contributed by atoms with Crippen LogP contribution in [0.25, 0.3) is 0 Å². The predicted molar refractivity (Wildman–Crippen MR) is 66.3 cm³/mol. The van der Waals surface area contributed by atoms with Gasteiger partial charge in [-0.25, -0.2) is 0 Å². The van der Waals surface area contributed by atoms with Gasteiger partial charge in [0, 0.05) is 12.1 Å². The molecule has 1 fully saturated rings. The van der Waals surface area contributed by atoms with Gasteiger partial charge in [-0.1, -0.05) is 0 Å². The second-order valence-electron chi connectivity index (χ2n) is 4.45. The van der Waals surface area contributed by atoms with Crippen molar-refractivity contribution in [2.75, 3.05) is 6.54 Å². The zero-order valence-corrected chi connectivity index (χ0v) is 9.93. The Bertz CT molecular complexity index is 263. The molecule has 15 heavy (non-hydrogen) atoms. The van der Waals surface area contributed by atoms with Crippen molar-refractivity contribution in [3.63, 3.8) is 0 Å². The first-order valence-corrected chi connectivity index (χ1v) is 6.79. The van der Waals surface area contributed by atoms with Crippen LogP contribution >= 0.6 is 11.3 Å². The van der Waals surface area contributed by atoms with Gasteiger partial charge in [0.15, 0.2) is 0 Å². The van der Waals surface area contributed by atoms with Crippen LogP contribution in [0.3, 0.4) is 0 Å². The molecule has 0 bridgehead atoms. The molecule has 2 nitrogen and oxygen atoms in total. The smallest absolute Gasteiger partial charge is 0.00683 e. The van der Waals surface area contributed by atoms with Gasteiger partial charge in [0.2, 0.25) is 0 Å². The van der Waals surface area contributed by atoms with Gasteiger partial charge in [-0.2, -0.15) is 11.3 Å². The number of thiophene rings is 1. The van der Waals surface area contributed by atoms with Crippen molar-refractivity contribution < 1.29 is 0 Å². The van der Waals surface area contributed by atoms with E-state index in [4.69, 9.17) is 5.73 Å². The van der Waals surface area contributed by atoms with Crippen molar-refractivity contribution in [1.29, 1.82) is 0 Å². The highest BCUT2D eigenvalue weighted by atomic mass is 32.1. The van der Waals surface area contributed by atoms with Gasteiger partial charge in [0.1, 0.15) is 0 Å². The minimum atomic E-state index is 0.458. The van der Waals surface area contributed by atoms with Gasteiger partial charge in [-0.3, -0.25) is 0 Å². The molecule has 84 valence electrons. The molecule has 0 saturated heterocycles. The fourth-order valence-corrected chi connectivity index (χ4v) is 2.88. The molecule has 0 aromatic carbocycles. The summed E-state index contributed by atoms with van der Waals surface area (Å²) in [7, 11) is 0. The monoisotopic (exact) mass is 224 g/mol. The van der Waals surface area contributed by atoms with Crippen molar-refractivity contribution in [2.24, 2.45) is 5.73 Å². The van der Waals surface area contributed by atoms with Crippen LogP contribution in [0.1, 0.15) is 31.2 Å². The summed E-state index contributed by atoms with van der Waals surface area (Å²) >= 11 is 1.78. The van der Waals surface area contributed by atoms with E-state index in [-0.39, 0.29) is 0 Å². The molecular formula is C12H20N2S. The molecule has 0 aliphatic heterocycles. The zero-order valence-electron chi connectivity index (χ0n) is 9.11.